The number of hydrogen-bond donors (Lipinski definition) is 1. The third-order valence-corrected chi connectivity index (χ3v) is 3.81. The molecular weight excluding hydrogens is 261 g/mol. The monoisotopic (exact) mass is 285 g/mol. The first-order valence-electron chi connectivity index (χ1n) is 7.60. The smallest absolute Gasteiger partial charge is 0.123 e. The van der Waals surface area contributed by atoms with Gasteiger partial charge in [0.05, 0.1) is 0 Å². The summed E-state index contributed by atoms with van der Waals surface area (Å²) in [5.41, 5.74) is 6.87. The minimum absolute atomic E-state index is 0.160. The highest BCUT2D eigenvalue weighted by molar-refractivity contribution is 5.73. The lowest BCUT2D eigenvalue weighted by Gasteiger charge is -2.14. The summed E-state index contributed by atoms with van der Waals surface area (Å²) in [6.07, 6.45) is 1.14. The predicted molar refractivity (Wildman–Crippen MR) is 88.0 cm³/mol. The van der Waals surface area contributed by atoms with Gasteiger partial charge in [0.25, 0.3) is 0 Å². The molecule has 0 aliphatic carbocycles. The fourth-order valence-electron chi connectivity index (χ4n) is 2.86. The van der Waals surface area contributed by atoms with E-state index in [0.29, 0.717) is 0 Å². The van der Waals surface area contributed by atoms with Crippen molar-refractivity contribution in [2.45, 2.75) is 40.7 Å². The highest BCUT2D eigenvalue weighted by Gasteiger charge is 2.10. The zero-order valence-electron chi connectivity index (χ0n) is 13.4. The van der Waals surface area contributed by atoms with Crippen molar-refractivity contribution in [1.82, 2.24) is 5.32 Å². The Morgan fingerprint density at radius 2 is 1.62 bits per heavy atom. The van der Waals surface area contributed by atoms with Crippen LogP contribution in [-0.4, -0.2) is 6.54 Å². The van der Waals surface area contributed by atoms with E-state index in [4.69, 9.17) is 0 Å². The first-order chi connectivity index (χ1) is 10.0. The van der Waals surface area contributed by atoms with Gasteiger partial charge >= 0.3 is 0 Å². The fraction of sp³-hybridized carbons (Fsp3) is 0.368. The molecule has 0 saturated heterocycles. The third-order valence-electron chi connectivity index (χ3n) is 3.81. The van der Waals surface area contributed by atoms with E-state index in [1.807, 2.05) is 13.8 Å². The Hall–Kier alpha value is -1.67. The van der Waals surface area contributed by atoms with Crippen LogP contribution in [0.5, 0.6) is 0 Å². The van der Waals surface area contributed by atoms with Crippen LogP contribution in [0.4, 0.5) is 4.39 Å². The van der Waals surface area contributed by atoms with Gasteiger partial charge in [-0.2, -0.15) is 0 Å². The molecule has 2 heteroatoms. The number of hydrogen-bond acceptors (Lipinski definition) is 1. The zero-order valence-corrected chi connectivity index (χ0v) is 13.4. The van der Waals surface area contributed by atoms with Crippen molar-refractivity contribution in [3.63, 3.8) is 0 Å². The van der Waals surface area contributed by atoms with E-state index in [0.717, 1.165) is 36.2 Å². The maximum absolute atomic E-state index is 13.5. The molecule has 0 aromatic heterocycles. The average molecular weight is 285 g/mol. The van der Waals surface area contributed by atoms with Crippen LogP contribution in [0.3, 0.4) is 0 Å². The molecule has 0 aliphatic heterocycles. The number of halogens is 1. The maximum Gasteiger partial charge on any atom is 0.123 e. The van der Waals surface area contributed by atoms with Crippen LogP contribution in [0, 0.1) is 26.6 Å². The molecule has 0 unspecified atom stereocenters. The minimum atomic E-state index is -0.160. The quantitative estimate of drug-likeness (QED) is 0.769. The van der Waals surface area contributed by atoms with Crippen molar-refractivity contribution in [3.8, 4) is 11.1 Å². The van der Waals surface area contributed by atoms with E-state index in [9.17, 15) is 4.39 Å². The molecule has 2 aromatic carbocycles. The topological polar surface area (TPSA) is 12.0 Å². The van der Waals surface area contributed by atoms with Gasteiger partial charge in [-0.1, -0.05) is 25.1 Å². The molecule has 2 rings (SSSR count). The van der Waals surface area contributed by atoms with Gasteiger partial charge in [-0.05, 0) is 79.3 Å². The van der Waals surface area contributed by atoms with Crippen LogP contribution in [0.2, 0.25) is 0 Å². The summed E-state index contributed by atoms with van der Waals surface area (Å²) in [7, 11) is 0. The lowest BCUT2D eigenvalue weighted by Crippen LogP contribution is -2.13. The molecule has 112 valence electrons. The highest BCUT2D eigenvalue weighted by atomic mass is 19.1. The minimum Gasteiger partial charge on any atom is -0.313 e. The molecule has 0 heterocycles. The average Bonchev–Trinajstić information content (AvgIpc) is 2.40. The van der Waals surface area contributed by atoms with E-state index < -0.39 is 0 Å². The highest BCUT2D eigenvalue weighted by Crippen LogP contribution is 2.31. The molecule has 0 fully saturated rings. The standard InChI is InChI=1S/C19H24FN/c1-5-8-21-12-16-6-7-18(13(2)9-16)19-14(3)10-17(20)11-15(19)4/h6-7,9-11,21H,5,8,12H2,1-4H3. The molecule has 0 amide bonds. The van der Waals surface area contributed by atoms with Crippen molar-refractivity contribution in [2.75, 3.05) is 6.54 Å². The summed E-state index contributed by atoms with van der Waals surface area (Å²) in [5, 5.41) is 3.42. The Kier molecular flexibility index (Phi) is 5.13. The van der Waals surface area contributed by atoms with Gasteiger partial charge in [-0.3, -0.25) is 0 Å². The van der Waals surface area contributed by atoms with Crippen molar-refractivity contribution in [2.24, 2.45) is 0 Å². The summed E-state index contributed by atoms with van der Waals surface area (Å²) in [6.45, 7) is 10.2. The van der Waals surface area contributed by atoms with Crippen LogP contribution < -0.4 is 5.32 Å². The SMILES string of the molecule is CCCNCc1ccc(-c2c(C)cc(F)cc2C)c(C)c1. The lowest BCUT2D eigenvalue weighted by molar-refractivity contribution is 0.625. The van der Waals surface area contributed by atoms with E-state index in [-0.39, 0.29) is 5.82 Å². The second-order valence-electron chi connectivity index (χ2n) is 5.74. The molecule has 0 atom stereocenters. The predicted octanol–water partition coefficient (Wildman–Crippen LogP) is 4.92. The first kappa shape index (κ1) is 15.7. The maximum atomic E-state index is 13.5. The van der Waals surface area contributed by atoms with Gasteiger partial charge in [0.15, 0.2) is 0 Å². The molecule has 0 radical (unpaired) electrons. The van der Waals surface area contributed by atoms with Crippen molar-refractivity contribution >= 4 is 0 Å². The molecule has 0 spiro atoms. The lowest BCUT2D eigenvalue weighted by atomic mass is 9.91. The second-order valence-corrected chi connectivity index (χ2v) is 5.74. The number of aryl methyl sites for hydroxylation is 3. The largest absolute Gasteiger partial charge is 0.313 e. The van der Waals surface area contributed by atoms with E-state index >= 15 is 0 Å². The van der Waals surface area contributed by atoms with Crippen molar-refractivity contribution in [3.05, 3.63) is 58.4 Å². The summed E-state index contributed by atoms with van der Waals surface area (Å²) in [6, 6.07) is 9.76. The van der Waals surface area contributed by atoms with Gasteiger partial charge < -0.3 is 5.32 Å². The van der Waals surface area contributed by atoms with Gasteiger partial charge in [-0.25, -0.2) is 4.39 Å². The Bertz CT molecular complexity index is 608. The van der Waals surface area contributed by atoms with Gasteiger partial charge in [-0.15, -0.1) is 0 Å². The summed E-state index contributed by atoms with van der Waals surface area (Å²) < 4.78 is 13.5. The van der Waals surface area contributed by atoms with Crippen LogP contribution in [0.15, 0.2) is 30.3 Å². The number of rotatable bonds is 5. The van der Waals surface area contributed by atoms with E-state index in [1.165, 1.54) is 16.7 Å². The number of nitrogens with one attached hydrogen (secondary N) is 1. The number of benzene rings is 2. The molecule has 2 aromatic rings. The van der Waals surface area contributed by atoms with Gasteiger partial charge in [0.1, 0.15) is 5.82 Å². The molecule has 0 bridgehead atoms. The zero-order chi connectivity index (χ0) is 15.4. The van der Waals surface area contributed by atoms with Gasteiger partial charge in [0.2, 0.25) is 0 Å². The second kappa shape index (κ2) is 6.86. The Morgan fingerprint density at radius 3 is 2.19 bits per heavy atom. The Labute approximate surface area is 127 Å². The molecule has 1 nitrogen and oxygen atoms in total. The van der Waals surface area contributed by atoms with E-state index in [1.54, 1.807) is 12.1 Å². The van der Waals surface area contributed by atoms with Crippen molar-refractivity contribution in [1.29, 1.82) is 0 Å². The summed E-state index contributed by atoms with van der Waals surface area (Å²) >= 11 is 0. The Balaban J connectivity index is 2.33. The van der Waals surface area contributed by atoms with Crippen LogP contribution in [0.25, 0.3) is 11.1 Å². The molecule has 1 N–H and O–H groups in total. The van der Waals surface area contributed by atoms with Crippen LogP contribution in [-0.2, 0) is 6.54 Å². The summed E-state index contributed by atoms with van der Waals surface area (Å²) in [4.78, 5) is 0. The molecule has 0 saturated carbocycles. The first-order valence-corrected chi connectivity index (χ1v) is 7.60. The molecular formula is C19H24FN. The van der Waals surface area contributed by atoms with E-state index in [2.05, 4.69) is 37.4 Å². The van der Waals surface area contributed by atoms with Crippen LogP contribution >= 0.6 is 0 Å². The van der Waals surface area contributed by atoms with Crippen LogP contribution in [0.1, 0.15) is 35.6 Å². The third kappa shape index (κ3) is 3.70. The summed E-state index contributed by atoms with van der Waals surface area (Å²) in [5.74, 6) is -0.160. The normalized spacial score (nSPS) is 10.9. The van der Waals surface area contributed by atoms with Gasteiger partial charge in [0, 0.05) is 6.54 Å². The van der Waals surface area contributed by atoms with Crippen molar-refractivity contribution < 1.29 is 4.39 Å². The Morgan fingerprint density at radius 1 is 0.952 bits per heavy atom. The fourth-order valence-corrected chi connectivity index (χ4v) is 2.86. The molecule has 21 heavy (non-hydrogen) atoms. The molecule has 0 aliphatic rings.